The maximum absolute atomic E-state index is 11.3. The molecule has 0 saturated heterocycles. The highest BCUT2D eigenvalue weighted by Gasteiger charge is 2.19. The molecule has 0 heterocycles. The Balaban J connectivity index is 2.34. The first-order valence-corrected chi connectivity index (χ1v) is 4.38. The lowest BCUT2D eigenvalue weighted by Gasteiger charge is -2.19. The Kier molecular flexibility index (Phi) is 3.61. The van der Waals surface area contributed by atoms with E-state index in [1.54, 1.807) is 0 Å². The van der Waals surface area contributed by atoms with Gasteiger partial charge in [-0.25, -0.2) is 0 Å². The lowest BCUT2D eigenvalue weighted by Crippen LogP contribution is -2.19. The fourth-order valence-corrected chi connectivity index (χ4v) is 1.65. The summed E-state index contributed by atoms with van der Waals surface area (Å²) < 4.78 is 0. The lowest BCUT2D eigenvalue weighted by atomic mass is 9.86. The fraction of sp³-hybridized carbons (Fsp3) is 0.875. The fourth-order valence-electron chi connectivity index (χ4n) is 1.65. The molecule has 0 bridgehead atoms. The lowest BCUT2D eigenvalue weighted by molar-refractivity contribution is -0.122. The number of ketones is 1. The molecule has 1 saturated carbocycles. The highest BCUT2D eigenvalue weighted by molar-refractivity contribution is 5.83. The van der Waals surface area contributed by atoms with Crippen molar-refractivity contribution in [1.29, 1.82) is 0 Å². The molecule has 0 aromatic rings. The average molecular weight is 167 g/mol. The summed E-state index contributed by atoms with van der Waals surface area (Å²) in [6.07, 6.45) is 5.50. The molecule has 1 fully saturated rings. The second-order valence-corrected chi connectivity index (χ2v) is 3.19. The predicted octanol–water partition coefficient (Wildman–Crippen LogP) is 2.45. The van der Waals surface area contributed by atoms with Gasteiger partial charge in [0.15, 0.2) is 0 Å². The molecular weight excluding hydrogens is 154 g/mol. The molecule has 12 heavy (non-hydrogen) atoms. The minimum absolute atomic E-state index is 0.0428. The predicted molar refractivity (Wildman–Crippen MR) is 45.6 cm³/mol. The number of Topliss-reactive ketones (excluding diaryl/α,β-unsaturated/α-hetero) is 1. The van der Waals surface area contributed by atoms with Crippen molar-refractivity contribution < 1.29 is 4.79 Å². The van der Waals surface area contributed by atoms with Gasteiger partial charge in [-0.05, 0) is 18.4 Å². The van der Waals surface area contributed by atoms with E-state index >= 15 is 0 Å². The van der Waals surface area contributed by atoms with Gasteiger partial charge in [0.2, 0.25) is 0 Å². The quantitative estimate of drug-likeness (QED) is 0.361. The van der Waals surface area contributed by atoms with E-state index in [1.165, 1.54) is 6.42 Å². The van der Waals surface area contributed by atoms with Crippen LogP contribution in [0.15, 0.2) is 5.11 Å². The maximum Gasteiger partial charge on any atom is 0.141 e. The van der Waals surface area contributed by atoms with Crippen molar-refractivity contribution in [3.05, 3.63) is 10.4 Å². The third kappa shape index (κ3) is 2.55. The Morgan fingerprint density at radius 1 is 1.42 bits per heavy atom. The van der Waals surface area contributed by atoms with Gasteiger partial charge in [-0.15, -0.1) is 0 Å². The minimum atomic E-state index is 0.0428. The first-order chi connectivity index (χ1) is 5.84. The molecule has 4 nitrogen and oxygen atoms in total. The molecule has 66 valence electrons. The van der Waals surface area contributed by atoms with Crippen LogP contribution in [0, 0.1) is 5.92 Å². The third-order valence-electron chi connectivity index (χ3n) is 2.35. The summed E-state index contributed by atoms with van der Waals surface area (Å²) in [6, 6.07) is 0. The molecule has 0 aromatic heterocycles. The van der Waals surface area contributed by atoms with Crippen molar-refractivity contribution in [2.45, 2.75) is 32.1 Å². The van der Waals surface area contributed by atoms with Crippen molar-refractivity contribution in [3.8, 4) is 0 Å². The van der Waals surface area contributed by atoms with E-state index in [2.05, 4.69) is 10.0 Å². The zero-order valence-electron chi connectivity index (χ0n) is 7.07. The summed E-state index contributed by atoms with van der Waals surface area (Å²) >= 11 is 0. The number of nitrogens with zero attached hydrogens (tertiary/aromatic N) is 3. The van der Waals surface area contributed by atoms with E-state index in [0.29, 0.717) is 0 Å². The van der Waals surface area contributed by atoms with E-state index in [1.807, 2.05) is 0 Å². The summed E-state index contributed by atoms with van der Waals surface area (Å²) in [6.45, 7) is 0.0428. The van der Waals surface area contributed by atoms with Gasteiger partial charge in [0.05, 0.1) is 6.54 Å². The Morgan fingerprint density at radius 3 is 2.67 bits per heavy atom. The van der Waals surface area contributed by atoms with Crippen LogP contribution in [-0.2, 0) is 4.79 Å². The van der Waals surface area contributed by atoms with Crippen LogP contribution in [0.3, 0.4) is 0 Å². The molecule has 0 spiro atoms. The molecule has 1 aliphatic rings. The van der Waals surface area contributed by atoms with Crippen LogP contribution in [0.1, 0.15) is 32.1 Å². The summed E-state index contributed by atoms with van der Waals surface area (Å²) in [5, 5.41) is 3.28. The average Bonchev–Trinajstić information content (AvgIpc) is 2.15. The van der Waals surface area contributed by atoms with Gasteiger partial charge in [0, 0.05) is 10.8 Å². The summed E-state index contributed by atoms with van der Waals surface area (Å²) in [5.41, 5.74) is 8.02. The van der Waals surface area contributed by atoms with Crippen LogP contribution < -0.4 is 0 Å². The molecule has 0 aromatic carbocycles. The number of carbonyl (C=O) groups is 1. The number of rotatable bonds is 3. The van der Waals surface area contributed by atoms with Crippen LogP contribution >= 0.6 is 0 Å². The first-order valence-electron chi connectivity index (χ1n) is 4.38. The number of carbonyl (C=O) groups excluding carboxylic acids is 1. The number of azide groups is 1. The van der Waals surface area contributed by atoms with Crippen molar-refractivity contribution in [3.63, 3.8) is 0 Å². The molecule has 0 aliphatic heterocycles. The minimum Gasteiger partial charge on any atom is -0.299 e. The Labute approximate surface area is 71.6 Å². The Morgan fingerprint density at radius 2 is 2.08 bits per heavy atom. The monoisotopic (exact) mass is 167 g/mol. The normalized spacial score (nSPS) is 18.3. The van der Waals surface area contributed by atoms with Crippen LogP contribution in [0.25, 0.3) is 10.4 Å². The van der Waals surface area contributed by atoms with E-state index in [-0.39, 0.29) is 18.2 Å². The Bertz CT molecular complexity index is 202. The van der Waals surface area contributed by atoms with Crippen molar-refractivity contribution >= 4 is 5.78 Å². The molecule has 0 unspecified atom stereocenters. The number of hydrogen-bond acceptors (Lipinski definition) is 2. The van der Waals surface area contributed by atoms with Crippen molar-refractivity contribution in [2.24, 2.45) is 11.0 Å². The van der Waals surface area contributed by atoms with Gasteiger partial charge in [-0.3, -0.25) is 4.79 Å². The second-order valence-electron chi connectivity index (χ2n) is 3.19. The van der Waals surface area contributed by atoms with Crippen LogP contribution in [0.5, 0.6) is 0 Å². The molecular formula is C8H13N3O. The maximum atomic E-state index is 11.3. The zero-order valence-corrected chi connectivity index (χ0v) is 7.07. The summed E-state index contributed by atoms with van der Waals surface area (Å²) in [5.74, 6) is 0.289. The zero-order chi connectivity index (χ0) is 8.81. The van der Waals surface area contributed by atoms with Crippen LogP contribution in [0.2, 0.25) is 0 Å². The van der Waals surface area contributed by atoms with E-state index in [9.17, 15) is 4.79 Å². The summed E-state index contributed by atoms with van der Waals surface area (Å²) in [7, 11) is 0. The van der Waals surface area contributed by atoms with Gasteiger partial charge in [0.25, 0.3) is 0 Å². The highest BCUT2D eigenvalue weighted by atomic mass is 16.1. The number of hydrogen-bond donors (Lipinski definition) is 0. The molecule has 4 heteroatoms. The second kappa shape index (κ2) is 4.78. The van der Waals surface area contributed by atoms with E-state index in [4.69, 9.17) is 5.53 Å². The molecule has 0 amide bonds. The van der Waals surface area contributed by atoms with Crippen LogP contribution in [-0.4, -0.2) is 12.3 Å². The highest BCUT2D eigenvalue weighted by Crippen LogP contribution is 2.24. The molecule has 1 aliphatic carbocycles. The molecule has 0 atom stereocenters. The first kappa shape index (κ1) is 9.07. The largest absolute Gasteiger partial charge is 0.299 e. The van der Waals surface area contributed by atoms with Gasteiger partial charge >= 0.3 is 0 Å². The Hall–Kier alpha value is -1.02. The topological polar surface area (TPSA) is 65.8 Å². The molecule has 1 rings (SSSR count). The third-order valence-corrected chi connectivity index (χ3v) is 2.35. The van der Waals surface area contributed by atoms with Gasteiger partial charge in [-0.2, -0.15) is 0 Å². The van der Waals surface area contributed by atoms with Gasteiger partial charge in [-0.1, -0.05) is 24.4 Å². The molecule has 0 N–H and O–H groups in total. The van der Waals surface area contributed by atoms with Crippen molar-refractivity contribution in [1.82, 2.24) is 0 Å². The molecule has 0 radical (unpaired) electrons. The van der Waals surface area contributed by atoms with E-state index in [0.717, 1.165) is 25.7 Å². The smallest absolute Gasteiger partial charge is 0.141 e. The van der Waals surface area contributed by atoms with Crippen molar-refractivity contribution in [2.75, 3.05) is 6.54 Å². The summed E-state index contributed by atoms with van der Waals surface area (Å²) in [4.78, 5) is 13.9. The van der Waals surface area contributed by atoms with Gasteiger partial charge in [0.1, 0.15) is 5.78 Å². The SMILES string of the molecule is [N-]=[N+]=NCC(=O)C1CCCCC1. The van der Waals surface area contributed by atoms with Crippen LogP contribution in [0.4, 0.5) is 0 Å². The standard InChI is InChI=1S/C8H13N3O/c9-11-10-6-8(12)7-4-2-1-3-5-7/h7H,1-6H2. The van der Waals surface area contributed by atoms with E-state index < -0.39 is 0 Å². The van der Waals surface area contributed by atoms with Gasteiger partial charge < -0.3 is 0 Å².